The minimum atomic E-state index is 0.0753. The molecule has 134 valence electrons. The first-order valence-corrected chi connectivity index (χ1v) is 9.00. The van der Waals surface area contributed by atoms with Gasteiger partial charge in [0.15, 0.2) is 5.82 Å². The third kappa shape index (κ3) is 3.46. The van der Waals surface area contributed by atoms with Gasteiger partial charge in [0.25, 0.3) is 0 Å². The molecule has 26 heavy (non-hydrogen) atoms. The van der Waals surface area contributed by atoms with Crippen LogP contribution in [-0.2, 0) is 4.79 Å². The number of hydrogen-bond donors (Lipinski definition) is 1. The molecule has 3 aromatic heterocycles. The van der Waals surface area contributed by atoms with Crippen LogP contribution in [0.1, 0.15) is 18.5 Å². The second-order valence-corrected chi connectivity index (χ2v) is 7.06. The fourth-order valence-corrected chi connectivity index (χ4v) is 3.45. The topological polar surface area (TPSA) is 62.5 Å². The standard InChI is InChI=1S/C20H23N5O/c1-14-11-16(5-8-21-14)17-3-4-19-22-18(13-25(19)12-17)23-20(26)15-6-9-24(2)10-7-15/h3-5,8,11-13,15H,6-7,9-10H2,1-2H3,(H,23,26). The molecular weight excluding hydrogens is 326 g/mol. The molecule has 0 spiro atoms. The van der Waals surface area contributed by atoms with E-state index in [1.54, 1.807) is 0 Å². The monoisotopic (exact) mass is 349 g/mol. The first kappa shape index (κ1) is 16.7. The van der Waals surface area contributed by atoms with Gasteiger partial charge in [-0.25, -0.2) is 4.98 Å². The molecule has 1 N–H and O–H groups in total. The number of fused-ring (bicyclic) bond motifs is 1. The summed E-state index contributed by atoms with van der Waals surface area (Å²) in [4.78, 5) is 23.5. The number of aryl methyl sites for hydroxylation is 1. The zero-order valence-corrected chi connectivity index (χ0v) is 15.1. The fraction of sp³-hybridized carbons (Fsp3) is 0.350. The molecule has 0 bridgehead atoms. The van der Waals surface area contributed by atoms with Crippen LogP contribution in [0.2, 0.25) is 0 Å². The lowest BCUT2D eigenvalue weighted by Gasteiger charge is -2.27. The summed E-state index contributed by atoms with van der Waals surface area (Å²) in [5, 5.41) is 2.98. The molecule has 1 aliphatic heterocycles. The van der Waals surface area contributed by atoms with Crippen molar-refractivity contribution in [1.82, 2.24) is 19.3 Å². The summed E-state index contributed by atoms with van der Waals surface area (Å²) in [7, 11) is 2.10. The molecule has 6 heteroatoms. The molecule has 0 radical (unpaired) electrons. The van der Waals surface area contributed by atoms with Gasteiger partial charge in [0.05, 0.1) is 6.20 Å². The smallest absolute Gasteiger partial charge is 0.228 e. The van der Waals surface area contributed by atoms with E-state index in [2.05, 4.69) is 33.3 Å². The number of pyridine rings is 2. The van der Waals surface area contributed by atoms with E-state index in [4.69, 9.17) is 0 Å². The molecular formula is C20H23N5O. The van der Waals surface area contributed by atoms with Gasteiger partial charge in [0.1, 0.15) is 5.65 Å². The maximum atomic E-state index is 12.5. The van der Waals surface area contributed by atoms with E-state index in [1.807, 2.05) is 48.1 Å². The zero-order valence-electron chi connectivity index (χ0n) is 15.1. The predicted octanol–water partition coefficient (Wildman–Crippen LogP) is 2.99. The molecule has 0 unspecified atom stereocenters. The molecule has 4 rings (SSSR count). The Hall–Kier alpha value is -2.73. The van der Waals surface area contributed by atoms with Crippen LogP contribution < -0.4 is 5.32 Å². The van der Waals surface area contributed by atoms with Gasteiger partial charge in [-0.15, -0.1) is 0 Å². The molecule has 0 saturated carbocycles. The summed E-state index contributed by atoms with van der Waals surface area (Å²) in [5.41, 5.74) is 4.01. The van der Waals surface area contributed by atoms with Crippen molar-refractivity contribution in [1.29, 1.82) is 0 Å². The lowest BCUT2D eigenvalue weighted by Crippen LogP contribution is -2.35. The Morgan fingerprint density at radius 2 is 1.96 bits per heavy atom. The number of hydrogen-bond acceptors (Lipinski definition) is 4. The number of aromatic nitrogens is 3. The first-order valence-electron chi connectivity index (χ1n) is 9.00. The molecule has 0 aromatic carbocycles. The maximum absolute atomic E-state index is 12.5. The number of nitrogens with zero attached hydrogens (tertiary/aromatic N) is 4. The first-order chi connectivity index (χ1) is 12.6. The van der Waals surface area contributed by atoms with Gasteiger partial charge in [0.2, 0.25) is 5.91 Å². The molecule has 3 aromatic rings. The Morgan fingerprint density at radius 3 is 2.73 bits per heavy atom. The van der Waals surface area contributed by atoms with Crippen molar-refractivity contribution >= 4 is 17.4 Å². The summed E-state index contributed by atoms with van der Waals surface area (Å²) < 4.78 is 1.95. The van der Waals surface area contributed by atoms with Crippen LogP contribution in [-0.4, -0.2) is 45.3 Å². The molecule has 4 heterocycles. The maximum Gasteiger partial charge on any atom is 0.228 e. The van der Waals surface area contributed by atoms with E-state index in [-0.39, 0.29) is 11.8 Å². The van der Waals surface area contributed by atoms with Gasteiger partial charge in [-0.1, -0.05) is 0 Å². The lowest BCUT2D eigenvalue weighted by molar-refractivity contribution is -0.121. The summed E-state index contributed by atoms with van der Waals surface area (Å²) >= 11 is 0. The second kappa shape index (κ2) is 6.88. The molecule has 1 fully saturated rings. The van der Waals surface area contributed by atoms with Crippen LogP contribution >= 0.6 is 0 Å². The highest BCUT2D eigenvalue weighted by atomic mass is 16.2. The summed E-state index contributed by atoms with van der Waals surface area (Å²) in [6.07, 6.45) is 7.53. The number of carbonyl (C=O) groups is 1. The van der Waals surface area contributed by atoms with Crippen molar-refractivity contribution in [2.75, 3.05) is 25.5 Å². The third-order valence-electron chi connectivity index (χ3n) is 5.02. The summed E-state index contributed by atoms with van der Waals surface area (Å²) in [6.45, 7) is 3.92. The van der Waals surface area contributed by atoms with Gasteiger partial charge >= 0.3 is 0 Å². The molecule has 1 saturated heterocycles. The summed E-state index contributed by atoms with van der Waals surface area (Å²) in [6, 6.07) is 8.06. The number of anilines is 1. The fourth-order valence-electron chi connectivity index (χ4n) is 3.45. The second-order valence-electron chi connectivity index (χ2n) is 7.06. The van der Waals surface area contributed by atoms with Crippen molar-refractivity contribution in [3.63, 3.8) is 0 Å². The van der Waals surface area contributed by atoms with Crippen molar-refractivity contribution < 1.29 is 4.79 Å². The normalized spacial score (nSPS) is 16.1. The number of likely N-dealkylation sites (tertiary alicyclic amines) is 1. The Balaban J connectivity index is 1.53. The SMILES string of the molecule is Cc1cc(-c2ccc3nc(NC(=O)C4CCN(C)CC4)cn3c2)ccn1. The minimum Gasteiger partial charge on any atom is -0.309 e. The number of piperidine rings is 1. The van der Waals surface area contributed by atoms with Crippen LogP contribution in [0, 0.1) is 12.8 Å². The molecule has 1 amide bonds. The van der Waals surface area contributed by atoms with E-state index >= 15 is 0 Å². The zero-order chi connectivity index (χ0) is 18.1. The van der Waals surface area contributed by atoms with Crippen molar-refractivity contribution in [2.45, 2.75) is 19.8 Å². The highest BCUT2D eigenvalue weighted by Gasteiger charge is 2.23. The highest BCUT2D eigenvalue weighted by Crippen LogP contribution is 2.22. The number of nitrogens with one attached hydrogen (secondary N) is 1. The van der Waals surface area contributed by atoms with E-state index in [0.29, 0.717) is 5.82 Å². The number of imidazole rings is 1. The van der Waals surface area contributed by atoms with E-state index in [1.165, 1.54) is 0 Å². The van der Waals surface area contributed by atoms with E-state index in [0.717, 1.165) is 48.4 Å². The van der Waals surface area contributed by atoms with Crippen molar-refractivity contribution in [3.8, 4) is 11.1 Å². The summed E-state index contributed by atoms with van der Waals surface area (Å²) in [5.74, 6) is 0.759. The average molecular weight is 349 g/mol. The molecule has 0 atom stereocenters. The highest BCUT2D eigenvalue weighted by molar-refractivity contribution is 5.92. The van der Waals surface area contributed by atoms with Gasteiger partial charge < -0.3 is 14.6 Å². The van der Waals surface area contributed by atoms with Crippen LogP contribution in [0.3, 0.4) is 0 Å². The van der Waals surface area contributed by atoms with Crippen LogP contribution in [0.25, 0.3) is 16.8 Å². The number of rotatable bonds is 3. The van der Waals surface area contributed by atoms with Crippen LogP contribution in [0.5, 0.6) is 0 Å². The number of amides is 1. The van der Waals surface area contributed by atoms with Gasteiger partial charge in [0, 0.05) is 24.0 Å². The Labute approximate surface area is 152 Å². The predicted molar refractivity (Wildman–Crippen MR) is 102 cm³/mol. The van der Waals surface area contributed by atoms with Crippen LogP contribution in [0.15, 0.2) is 42.9 Å². The van der Waals surface area contributed by atoms with Crippen LogP contribution in [0.4, 0.5) is 5.82 Å². The van der Waals surface area contributed by atoms with E-state index < -0.39 is 0 Å². The third-order valence-corrected chi connectivity index (χ3v) is 5.02. The Morgan fingerprint density at radius 1 is 1.15 bits per heavy atom. The van der Waals surface area contributed by atoms with Crippen molar-refractivity contribution in [3.05, 3.63) is 48.5 Å². The average Bonchev–Trinajstić information content (AvgIpc) is 3.03. The van der Waals surface area contributed by atoms with Gasteiger partial charge in [-0.05, 0) is 75.3 Å². The minimum absolute atomic E-state index is 0.0753. The lowest BCUT2D eigenvalue weighted by atomic mass is 9.96. The molecule has 1 aliphatic rings. The van der Waals surface area contributed by atoms with Gasteiger partial charge in [-0.2, -0.15) is 0 Å². The Kier molecular flexibility index (Phi) is 4.42. The van der Waals surface area contributed by atoms with Crippen molar-refractivity contribution in [2.24, 2.45) is 5.92 Å². The largest absolute Gasteiger partial charge is 0.309 e. The molecule has 0 aliphatic carbocycles. The number of carbonyl (C=O) groups excluding carboxylic acids is 1. The molecule has 6 nitrogen and oxygen atoms in total. The Bertz CT molecular complexity index is 940. The van der Waals surface area contributed by atoms with Gasteiger partial charge in [-0.3, -0.25) is 9.78 Å². The van der Waals surface area contributed by atoms with E-state index in [9.17, 15) is 4.79 Å². The quantitative estimate of drug-likeness (QED) is 0.790.